The van der Waals surface area contributed by atoms with Crippen molar-refractivity contribution in [3.8, 4) is 5.75 Å². The zero-order valence-corrected chi connectivity index (χ0v) is 20.1. The number of H-pyrrole nitrogens is 1. The summed E-state index contributed by atoms with van der Waals surface area (Å²) >= 11 is 0. The van der Waals surface area contributed by atoms with Gasteiger partial charge in [0.2, 0.25) is 9.84 Å². The number of anilines is 1. The Morgan fingerprint density at radius 2 is 1.71 bits per heavy atom. The molecule has 0 spiro atoms. The highest BCUT2D eigenvalue weighted by molar-refractivity contribution is 7.91. The van der Waals surface area contributed by atoms with Crippen LogP contribution < -0.4 is 15.7 Å². The summed E-state index contributed by atoms with van der Waals surface area (Å²) in [5.41, 5.74) is 3.16. The Hall–Kier alpha value is -3.66. The first-order valence-electron chi connectivity index (χ1n) is 11.0. The van der Waals surface area contributed by atoms with Gasteiger partial charge in [-0.1, -0.05) is 48.9 Å². The minimum Gasteiger partial charge on any atom is -0.497 e. The number of benzene rings is 2. The highest BCUT2D eigenvalue weighted by Crippen LogP contribution is 2.22. The van der Waals surface area contributed by atoms with Gasteiger partial charge in [0.1, 0.15) is 11.3 Å². The van der Waals surface area contributed by atoms with Crippen LogP contribution in [0.4, 0.5) is 5.82 Å². The number of methoxy groups -OCH3 is 1. The van der Waals surface area contributed by atoms with Crippen molar-refractivity contribution in [2.24, 2.45) is 0 Å². The summed E-state index contributed by atoms with van der Waals surface area (Å²) in [4.78, 5) is 24.2. The number of rotatable bonds is 9. The lowest BCUT2D eigenvalue weighted by Gasteiger charge is -2.10. The molecule has 2 N–H and O–H groups in total. The van der Waals surface area contributed by atoms with Gasteiger partial charge in [-0.3, -0.25) is 4.57 Å². The molecule has 2 aromatic heterocycles. The van der Waals surface area contributed by atoms with Crippen LogP contribution in [-0.4, -0.2) is 40.8 Å². The molecule has 0 unspecified atom stereocenters. The van der Waals surface area contributed by atoms with E-state index in [4.69, 9.17) is 4.74 Å². The molecule has 0 amide bonds. The summed E-state index contributed by atoms with van der Waals surface area (Å²) in [7, 11) is -2.11. The van der Waals surface area contributed by atoms with Crippen LogP contribution in [0.2, 0.25) is 0 Å². The number of aryl methyl sites for hydroxylation is 1. The molecule has 0 bridgehead atoms. The summed E-state index contributed by atoms with van der Waals surface area (Å²) in [6.45, 7) is 4.39. The van der Waals surface area contributed by atoms with Crippen molar-refractivity contribution in [3.05, 3.63) is 75.7 Å². The molecule has 34 heavy (non-hydrogen) atoms. The number of nitrogens with one attached hydrogen (secondary N) is 2. The SMILES string of the molecule is CCCS(=O)(=O)c1nc(NCc2ccc(OC)cc2)c2[nH]c(=O)n(Cc3ccc(C)cc3)c2n1. The first-order chi connectivity index (χ1) is 16.3. The molecule has 9 nitrogen and oxygen atoms in total. The lowest BCUT2D eigenvalue weighted by Crippen LogP contribution is -2.18. The van der Waals surface area contributed by atoms with Crippen molar-refractivity contribution in [1.29, 1.82) is 0 Å². The zero-order chi connectivity index (χ0) is 24.3. The molecule has 10 heteroatoms. The fourth-order valence-electron chi connectivity index (χ4n) is 3.59. The third kappa shape index (κ3) is 4.96. The Balaban J connectivity index is 1.77. The number of hydrogen-bond donors (Lipinski definition) is 2. The third-order valence-corrected chi connectivity index (χ3v) is 7.12. The maximum absolute atomic E-state index is 12.8. The van der Waals surface area contributed by atoms with Crippen molar-refractivity contribution in [2.45, 2.75) is 38.5 Å². The van der Waals surface area contributed by atoms with Gasteiger partial charge >= 0.3 is 5.69 Å². The number of imidazole rings is 1. The first kappa shape index (κ1) is 23.5. The average Bonchev–Trinajstić information content (AvgIpc) is 3.14. The van der Waals surface area contributed by atoms with E-state index in [1.807, 2.05) is 55.5 Å². The van der Waals surface area contributed by atoms with E-state index in [1.54, 1.807) is 14.0 Å². The first-order valence-corrected chi connectivity index (χ1v) is 12.6. The number of nitrogens with zero attached hydrogens (tertiary/aromatic N) is 3. The largest absolute Gasteiger partial charge is 0.497 e. The molecule has 0 aliphatic heterocycles. The van der Waals surface area contributed by atoms with E-state index >= 15 is 0 Å². The lowest BCUT2D eigenvalue weighted by molar-refractivity contribution is 0.414. The van der Waals surface area contributed by atoms with Gasteiger partial charge in [0.05, 0.1) is 19.4 Å². The second-order valence-electron chi connectivity index (χ2n) is 8.08. The summed E-state index contributed by atoms with van der Waals surface area (Å²) in [6.07, 6.45) is 0.432. The number of fused-ring (bicyclic) bond motifs is 1. The maximum Gasteiger partial charge on any atom is 0.328 e. The minimum atomic E-state index is -3.71. The number of ether oxygens (including phenoxy) is 1. The molecular formula is C24H27N5O4S. The van der Waals surface area contributed by atoms with Crippen LogP contribution >= 0.6 is 0 Å². The van der Waals surface area contributed by atoms with E-state index < -0.39 is 9.84 Å². The maximum atomic E-state index is 12.8. The molecular weight excluding hydrogens is 454 g/mol. The van der Waals surface area contributed by atoms with Gasteiger partial charge in [-0.15, -0.1) is 0 Å². The predicted molar refractivity (Wildman–Crippen MR) is 131 cm³/mol. The molecule has 0 saturated heterocycles. The van der Waals surface area contributed by atoms with E-state index in [2.05, 4.69) is 20.3 Å². The Bertz CT molecular complexity index is 1460. The van der Waals surface area contributed by atoms with Gasteiger partial charge in [-0.05, 0) is 36.6 Å². The topological polar surface area (TPSA) is 119 Å². The summed E-state index contributed by atoms with van der Waals surface area (Å²) in [5, 5.41) is 2.87. The van der Waals surface area contributed by atoms with Gasteiger partial charge < -0.3 is 15.0 Å². The highest BCUT2D eigenvalue weighted by atomic mass is 32.2. The van der Waals surface area contributed by atoms with Crippen LogP contribution in [-0.2, 0) is 22.9 Å². The predicted octanol–water partition coefficient (Wildman–Crippen LogP) is 3.28. The van der Waals surface area contributed by atoms with Gasteiger partial charge in [0.15, 0.2) is 11.5 Å². The molecule has 4 aromatic rings. The molecule has 2 aromatic carbocycles. The standard InChI is InChI=1S/C24H27N5O4S/c1-4-13-34(31,32)23-27-21(25-14-17-9-11-19(33-3)12-10-17)20-22(28-23)29(24(30)26-20)15-18-7-5-16(2)6-8-18/h5-12H,4,13-15H2,1-3H3,(H,26,30)(H,25,27,28). The normalized spacial score (nSPS) is 11.6. The Morgan fingerprint density at radius 3 is 2.35 bits per heavy atom. The summed E-state index contributed by atoms with van der Waals surface area (Å²) < 4.78 is 32.3. The Morgan fingerprint density at radius 1 is 1.03 bits per heavy atom. The summed E-state index contributed by atoms with van der Waals surface area (Å²) in [6, 6.07) is 15.2. The second kappa shape index (κ2) is 9.68. The number of hydrogen-bond acceptors (Lipinski definition) is 7. The molecule has 2 heterocycles. The average molecular weight is 482 g/mol. The quantitative estimate of drug-likeness (QED) is 0.352. The molecule has 0 radical (unpaired) electrons. The van der Waals surface area contributed by atoms with E-state index in [0.29, 0.717) is 18.5 Å². The van der Waals surface area contributed by atoms with E-state index in [0.717, 1.165) is 22.4 Å². The van der Waals surface area contributed by atoms with Crippen LogP contribution in [0.5, 0.6) is 5.75 Å². The molecule has 4 rings (SSSR count). The molecule has 0 aliphatic rings. The monoisotopic (exact) mass is 481 g/mol. The fraction of sp³-hybridized carbons (Fsp3) is 0.292. The molecule has 0 atom stereocenters. The van der Waals surface area contributed by atoms with Crippen molar-refractivity contribution in [2.75, 3.05) is 18.2 Å². The van der Waals surface area contributed by atoms with Crippen LogP contribution in [0.3, 0.4) is 0 Å². The highest BCUT2D eigenvalue weighted by Gasteiger charge is 2.23. The van der Waals surface area contributed by atoms with Gasteiger partial charge in [-0.2, -0.15) is 9.97 Å². The van der Waals surface area contributed by atoms with Crippen molar-refractivity contribution in [3.63, 3.8) is 0 Å². The summed E-state index contributed by atoms with van der Waals surface area (Å²) in [5.74, 6) is 0.914. The van der Waals surface area contributed by atoms with Crippen LogP contribution in [0, 0.1) is 6.92 Å². The van der Waals surface area contributed by atoms with Crippen LogP contribution in [0.15, 0.2) is 58.5 Å². The van der Waals surface area contributed by atoms with Gasteiger partial charge in [-0.25, -0.2) is 13.2 Å². The van der Waals surface area contributed by atoms with Gasteiger partial charge in [0, 0.05) is 6.54 Å². The van der Waals surface area contributed by atoms with E-state index in [9.17, 15) is 13.2 Å². The third-order valence-electron chi connectivity index (χ3n) is 5.43. The van der Waals surface area contributed by atoms with Gasteiger partial charge in [0.25, 0.3) is 5.16 Å². The van der Waals surface area contributed by atoms with E-state index in [-0.39, 0.29) is 34.6 Å². The molecule has 178 valence electrons. The van der Waals surface area contributed by atoms with Crippen molar-refractivity contribution in [1.82, 2.24) is 19.5 Å². The Kier molecular flexibility index (Phi) is 6.69. The van der Waals surface area contributed by atoms with Crippen molar-refractivity contribution >= 4 is 26.8 Å². The second-order valence-corrected chi connectivity index (χ2v) is 10.1. The minimum absolute atomic E-state index is 0.0803. The fourth-order valence-corrected chi connectivity index (χ4v) is 4.76. The van der Waals surface area contributed by atoms with E-state index in [1.165, 1.54) is 4.57 Å². The number of sulfone groups is 1. The van der Waals surface area contributed by atoms with Crippen molar-refractivity contribution < 1.29 is 13.2 Å². The van der Waals surface area contributed by atoms with Crippen LogP contribution in [0.25, 0.3) is 11.2 Å². The lowest BCUT2D eigenvalue weighted by atomic mass is 10.1. The molecule has 0 fully saturated rings. The molecule has 0 aliphatic carbocycles. The Labute approximate surface area is 197 Å². The number of aromatic amines is 1. The molecule has 0 saturated carbocycles. The number of aromatic nitrogens is 4. The van der Waals surface area contributed by atoms with Crippen LogP contribution in [0.1, 0.15) is 30.0 Å². The smallest absolute Gasteiger partial charge is 0.328 e. The zero-order valence-electron chi connectivity index (χ0n) is 19.3.